The Bertz CT molecular complexity index is 1170. The quantitative estimate of drug-likeness (QED) is 0.530. The number of Topliss-reactive ketones (excluding diaryl/α,β-unsaturated/α-hetero) is 1. The van der Waals surface area contributed by atoms with Gasteiger partial charge in [0.25, 0.3) is 0 Å². The van der Waals surface area contributed by atoms with Crippen LogP contribution in [0.3, 0.4) is 0 Å². The Kier molecular flexibility index (Phi) is 5.74. The van der Waals surface area contributed by atoms with Gasteiger partial charge in [0.15, 0.2) is 28.6 Å². The molecule has 1 N–H and O–H groups in total. The summed E-state index contributed by atoms with van der Waals surface area (Å²) in [5.74, 6) is -3.60. The number of ether oxygens (including phenoxy) is 3. The molecule has 5 fully saturated rings. The summed E-state index contributed by atoms with van der Waals surface area (Å²) >= 11 is 1.20. The molecule has 2 saturated heterocycles. The Morgan fingerprint density at radius 3 is 2.61 bits per heavy atom. The van der Waals surface area contributed by atoms with Crippen molar-refractivity contribution in [2.45, 2.75) is 94.1 Å². The van der Waals surface area contributed by atoms with E-state index >= 15 is 8.78 Å². The number of rotatable bonds is 4. The van der Waals surface area contributed by atoms with E-state index in [1.807, 2.05) is 6.92 Å². The SMILES string of the molecule is CC1(C)O[C@@H]2CC3C4C[C@H](F)C5=CC(=O)C=C[C@]5(C)[C@@]4(F)[C@@H](O)C[C@]3(C)[C@]2(C(=O)CSC2CCOC2=O)O1. The minimum Gasteiger partial charge on any atom is -0.465 e. The van der Waals surface area contributed by atoms with Crippen molar-refractivity contribution in [2.75, 3.05) is 12.4 Å². The third kappa shape index (κ3) is 3.20. The molecular weight excluding hydrogens is 518 g/mol. The lowest BCUT2D eigenvalue weighted by Crippen LogP contribution is -2.71. The Morgan fingerprint density at radius 2 is 1.92 bits per heavy atom. The second-order valence-electron chi connectivity index (χ2n) is 12.6. The van der Waals surface area contributed by atoms with Gasteiger partial charge in [-0.25, -0.2) is 8.78 Å². The highest BCUT2D eigenvalue weighted by molar-refractivity contribution is 8.01. The van der Waals surface area contributed by atoms with E-state index in [4.69, 9.17) is 14.2 Å². The van der Waals surface area contributed by atoms with Crippen molar-refractivity contribution in [1.29, 1.82) is 0 Å². The largest absolute Gasteiger partial charge is 0.465 e. The molecule has 10 heteroatoms. The minimum atomic E-state index is -2.25. The molecule has 0 aromatic heterocycles. The molecule has 3 saturated carbocycles. The molecule has 6 aliphatic rings. The number of aliphatic hydroxyl groups is 1. The topological polar surface area (TPSA) is 99.1 Å². The fourth-order valence-corrected chi connectivity index (χ4v) is 9.75. The highest BCUT2D eigenvalue weighted by Crippen LogP contribution is 2.72. The number of hydrogen-bond donors (Lipinski definition) is 1. The van der Waals surface area contributed by atoms with Gasteiger partial charge >= 0.3 is 5.97 Å². The average Bonchev–Trinajstić information content (AvgIpc) is 3.44. The van der Waals surface area contributed by atoms with Gasteiger partial charge < -0.3 is 19.3 Å². The molecule has 3 unspecified atom stereocenters. The summed E-state index contributed by atoms with van der Waals surface area (Å²) in [7, 11) is 0. The summed E-state index contributed by atoms with van der Waals surface area (Å²) in [5, 5.41) is 11.2. The van der Waals surface area contributed by atoms with Crippen LogP contribution in [0, 0.1) is 22.7 Å². The van der Waals surface area contributed by atoms with E-state index in [9.17, 15) is 19.5 Å². The molecule has 0 aromatic rings. The monoisotopic (exact) mass is 552 g/mol. The zero-order chi connectivity index (χ0) is 27.5. The molecule has 4 aliphatic carbocycles. The van der Waals surface area contributed by atoms with Gasteiger partial charge in [-0.1, -0.05) is 13.0 Å². The fourth-order valence-electron chi connectivity index (χ4n) is 8.71. The number of allylic oxidation sites excluding steroid dienone is 4. The third-order valence-electron chi connectivity index (χ3n) is 10.3. The summed E-state index contributed by atoms with van der Waals surface area (Å²) < 4.78 is 50.9. The van der Waals surface area contributed by atoms with Crippen LogP contribution in [0.25, 0.3) is 0 Å². The number of fused-ring (bicyclic) bond motifs is 7. The van der Waals surface area contributed by atoms with Gasteiger partial charge in [-0.2, -0.15) is 0 Å². The molecule has 0 bridgehead atoms. The van der Waals surface area contributed by atoms with Crippen LogP contribution in [-0.4, -0.2) is 75.7 Å². The molecular formula is C28H34F2O7S. The Morgan fingerprint density at radius 1 is 1.18 bits per heavy atom. The smallest absolute Gasteiger partial charge is 0.319 e. The molecule has 0 amide bonds. The Hall–Kier alpha value is -1.62. The molecule has 208 valence electrons. The van der Waals surface area contributed by atoms with Gasteiger partial charge in [0.1, 0.15) is 11.4 Å². The highest BCUT2D eigenvalue weighted by Gasteiger charge is 2.80. The van der Waals surface area contributed by atoms with Crippen LogP contribution in [0.15, 0.2) is 23.8 Å². The van der Waals surface area contributed by atoms with Crippen LogP contribution < -0.4 is 0 Å². The second-order valence-corrected chi connectivity index (χ2v) is 13.8. The summed E-state index contributed by atoms with van der Waals surface area (Å²) in [4.78, 5) is 38.2. The lowest BCUT2D eigenvalue weighted by atomic mass is 9.44. The van der Waals surface area contributed by atoms with Crippen LogP contribution in [0.2, 0.25) is 0 Å². The third-order valence-corrected chi connectivity index (χ3v) is 11.6. The van der Waals surface area contributed by atoms with E-state index in [0.717, 1.165) is 6.08 Å². The van der Waals surface area contributed by atoms with Crippen molar-refractivity contribution in [3.8, 4) is 0 Å². The summed E-state index contributed by atoms with van der Waals surface area (Å²) in [6, 6.07) is 0. The number of cyclic esters (lactones) is 1. The molecule has 2 heterocycles. The first-order valence-electron chi connectivity index (χ1n) is 13.4. The van der Waals surface area contributed by atoms with Gasteiger partial charge in [-0.3, -0.25) is 14.4 Å². The summed E-state index contributed by atoms with van der Waals surface area (Å²) in [5.41, 5.74) is -6.23. The molecule has 6 rings (SSSR count). The van der Waals surface area contributed by atoms with Crippen molar-refractivity contribution in [2.24, 2.45) is 22.7 Å². The zero-order valence-corrected chi connectivity index (χ0v) is 22.8. The van der Waals surface area contributed by atoms with E-state index in [2.05, 4.69) is 0 Å². The van der Waals surface area contributed by atoms with Crippen LogP contribution in [0.5, 0.6) is 0 Å². The summed E-state index contributed by atoms with van der Waals surface area (Å²) in [6.07, 6.45) is 0.484. The maximum Gasteiger partial charge on any atom is 0.319 e. The number of ketones is 2. The van der Waals surface area contributed by atoms with E-state index in [0.29, 0.717) is 13.0 Å². The average molecular weight is 553 g/mol. The van der Waals surface area contributed by atoms with Gasteiger partial charge in [0.05, 0.1) is 24.6 Å². The maximum absolute atomic E-state index is 17.4. The number of alkyl halides is 2. The number of thioether (sulfide) groups is 1. The number of aliphatic hydroxyl groups excluding tert-OH is 1. The van der Waals surface area contributed by atoms with Crippen LogP contribution in [-0.2, 0) is 28.6 Å². The fraction of sp³-hybridized carbons (Fsp3) is 0.750. The van der Waals surface area contributed by atoms with Gasteiger partial charge in [-0.05, 0) is 63.7 Å². The van der Waals surface area contributed by atoms with E-state index in [1.165, 1.54) is 23.9 Å². The van der Waals surface area contributed by atoms with Crippen molar-refractivity contribution in [3.63, 3.8) is 0 Å². The van der Waals surface area contributed by atoms with Gasteiger partial charge in [-0.15, -0.1) is 11.8 Å². The van der Waals surface area contributed by atoms with Crippen LogP contribution in [0.1, 0.15) is 53.4 Å². The molecule has 0 spiro atoms. The first kappa shape index (κ1) is 26.6. The molecule has 2 aliphatic heterocycles. The highest BCUT2D eigenvalue weighted by atomic mass is 32.2. The normalized spacial score (nSPS) is 50.6. The van der Waals surface area contributed by atoms with E-state index in [1.54, 1.807) is 20.8 Å². The van der Waals surface area contributed by atoms with Gasteiger partial charge in [0, 0.05) is 23.2 Å². The maximum atomic E-state index is 17.4. The molecule has 10 atom stereocenters. The first-order chi connectivity index (χ1) is 17.7. The van der Waals surface area contributed by atoms with Crippen molar-refractivity contribution in [3.05, 3.63) is 23.8 Å². The lowest BCUT2D eigenvalue weighted by Gasteiger charge is -2.63. The van der Waals surface area contributed by atoms with E-state index in [-0.39, 0.29) is 42.3 Å². The number of carbonyl (C=O) groups is 3. The van der Waals surface area contributed by atoms with Crippen molar-refractivity contribution < 1.29 is 42.5 Å². The lowest BCUT2D eigenvalue weighted by molar-refractivity contribution is -0.247. The predicted octanol–water partition coefficient (Wildman–Crippen LogP) is 3.42. The molecule has 38 heavy (non-hydrogen) atoms. The Balaban J connectivity index is 1.40. The second kappa shape index (κ2) is 8.21. The molecule has 0 aromatic carbocycles. The molecule has 0 radical (unpaired) electrons. The first-order valence-corrected chi connectivity index (χ1v) is 14.4. The number of hydrogen-bond acceptors (Lipinski definition) is 8. The standard InChI is InChI=1S/C28H34F2O7S/c1-24(2)36-22-11-15-16-10-18(29)17-9-14(31)5-7-25(17,3)27(16,30)20(32)12-26(15,4)28(22,37-24)21(33)13-38-19-6-8-35-23(19)34/h5,7,9,15-16,18-20,22,32H,6,8,10-13H2,1-4H3/t15?,16?,18-,19?,20-,22+,25-,26-,27-,28+/m0/s1. The van der Waals surface area contributed by atoms with Crippen molar-refractivity contribution >= 4 is 29.3 Å². The Labute approximate surface area is 224 Å². The predicted molar refractivity (Wildman–Crippen MR) is 134 cm³/mol. The van der Waals surface area contributed by atoms with Crippen LogP contribution in [0.4, 0.5) is 8.78 Å². The number of halogens is 2. The van der Waals surface area contributed by atoms with Crippen LogP contribution >= 0.6 is 11.8 Å². The number of carbonyl (C=O) groups excluding carboxylic acids is 3. The van der Waals surface area contributed by atoms with E-state index < -0.39 is 69.1 Å². The van der Waals surface area contributed by atoms with Gasteiger partial charge in [0.2, 0.25) is 0 Å². The minimum absolute atomic E-state index is 0.0271. The number of esters is 1. The van der Waals surface area contributed by atoms with Crippen molar-refractivity contribution in [1.82, 2.24) is 0 Å². The zero-order valence-electron chi connectivity index (χ0n) is 22.0. The summed E-state index contributed by atoms with van der Waals surface area (Å²) in [6.45, 7) is 7.14. The molecule has 7 nitrogen and oxygen atoms in total.